The summed E-state index contributed by atoms with van der Waals surface area (Å²) in [5.41, 5.74) is 0. The quantitative estimate of drug-likeness (QED) is 0.0262. The molecule has 0 aliphatic heterocycles. The first-order chi connectivity index (χ1) is 34.0. The Kier molecular flexibility index (Phi) is 53.4. The number of unbranched alkanes of at least 4 members (excludes halogenated alkanes) is 21. The molecule has 0 saturated heterocycles. The van der Waals surface area contributed by atoms with Crippen LogP contribution in [0.25, 0.3) is 0 Å². The summed E-state index contributed by atoms with van der Waals surface area (Å²) in [7, 11) is 0. The molecule has 6 nitrogen and oxygen atoms in total. The van der Waals surface area contributed by atoms with Crippen molar-refractivity contribution in [3.05, 3.63) is 109 Å². The second kappa shape index (κ2) is 56.7. The third kappa shape index (κ3) is 54.9. The van der Waals surface area contributed by atoms with E-state index < -0.39 is 6.10 Å². The Morgan fingerprint density at radius 3 is 0.942 bits per heavy atom. The van der Waals surface area contributed by atoms with Crippen LogP contribution in [-0.2, 0) is 28.6 Å². The maximum Gasteiger partial charge on any atom is 0.306 e. The van der Waals surface area contributed by atoms with E-state index in [2.05, 4.69) is 130 Å². The molecule has 0 spiro atoms. The van der Waals surface area contributed by atoms with E-state index in [0.29, 0.717) is 19.3 Å². The largest absolute Gasteiger partial charge is 0.462 e. The zero-order chi connectivity index (χ0) is 50.0. The van der Waals surface area contributed by atoms with Crippen molar-refractivity contribution in [3.8, 4) is 0 Å². The standard InChI is InChI=1S/C63H104O6/c1-4-7-10-13-16-19-22-25-27-28-29-30-31-32-33-34-35-36-37-39-41-44-47-50-53-56-62(65)68-59-60(58-67-61(64)55-52-49-46-43-40-24-21-18-15-12-9-6-3)69-63(66)57-54-51-48-45-42-38-26-23-20-17-14-11-8-5-2/h7,10,16,18-19,21,23,25-27,29-30,32-33,35-36,39,41,60H,4-6,8-9,11-15,17,20,22,24,28,31,34,37-38,40,42-59H2,1-3H3/b10-7-,19-16-,21-18-,26-23-,27-25-,30-29-,33-32-,36-35-,41-39-. The minimum absolute atomic E-state index is 0.0976. The molecule has 0 aromatic rings. The Morgan fingerprint density at radius 1 is 0.304 bits per heavy atom. The molecular formula is C63H104O6. The van der Waals surface area contributed by atoms with Gasteiger partial charge in [-0.05, 0) is 128 Å². The van der Waals surface area contributed by atoms with Gasteiger partial charge in [0.05, 0.1) is 0 Å². The third-order valence-corrected chi connectivity index (χ3v) is 11.7. The van der Waals surface area contributed by atoms with Gasteiger partial charge in [-0.1, -0.05) is 214 Å². The second-order valence-corrected chi connectivity index (χ2v) is 18.5. The molecule has 0 aromatic carbocycles. The van der Waals surface area contributed by atoms with Gasteiger partial charge >= 0.3 is 17.9 Å². The highest BCUT2D eigenvalue weighted by molar-refractivity contribution is 5.71. The third-order valence-electron chi connectivity index (χ3n) is 11.7. The van der Waals surface area contributed by atoms with Crippen LogP contribution in [0.5, 0.6) is 0 Å². The van der Waals surface area contributed by atoms with Crippen LogP contribution in [0.1, 0.15) is 252 Å². The summed E-state index contributed by atoms with van der Waals surface area (Å²) in [6.45, 7) is 6.44. The van der Waals surface area contributed by atoms with Crippen LogP contribution in [0.2, 0.25) is 0 Å². The number of hydrogen-bond acceptors (Lipinski definition) is 6. The van der Waals surface area contributed by atoms with E-state index in [-0.39, 0.29) is 31.1 Å². The van der Waals surface area contributed by atoms with E-state index in [4.69, 9.17) is 14.2 Å². The van der Waals surface area contributed by atoms with Crippen LogP contribution in [0.3, 0.4) is 0 Å². The number of rotatable bonds is 50. The van der Waals surface area contributed by atoms with Gasteiger partial charge in [-0.25, -0.2) is 0 Å². The van der Waals surface area contributed by atoms with E-state index in [1.807, 2.05) is 0 Å². The number of esters is 3. The lowest BCUT2D eigenvalue weighted by molar-refractivity contribution is -0.167. The van der Waals surface area contributed by atoms with Crippen LogP contribution < -0.4 is 0 Å². The Balaban J connectivity index is 4.42. The molecule has 69 heavy (non-hydrogen) atoms. The molecule has 1 unspecified atom stereocenters. The van der Waals surface area contributed by atoms with Crippen LogP contribution >= 0.6 is 0 Å². The van der Waals surface area contributed by atoms with Crippen molar-refractivity contribution in [1.29, 1.82) is 0 Å². The number of carbonyl (C=O) groups is 3. The highest BCUT2D eigenvalue weighted by Crippen LogP contribution is 2.13. The minimum Gasteiger partial charge on any atom is -0.462 e. The molecule has 0 aromatic heterocycles. The first-order valence-corrected chi connectivity index (χ1v) is 28.4. The van der Waals surface area contributed by atoms with Gasteiger partial charge in [0.2, 0.25) is 0 Å². The maximum absolute atomic E-state index is 12.8. The maximum atomic E-state index is 12.8. The summed E-state index contributed by atoms with van der Waals surface area (Å²) in [6.07, 6.45) is 76.5. The predicted molar refractivity (Wildman–Crippen MR) is 297 cm³/mol. The molecule has 6 heteroatoms. The predicted octanol–water partition coefficient (Wildman–Crippen LogP) is 19.1. The second-order valence-electron chi connectivity index (χ2n) is 18.5. The van der Waals surface area contributed by atoms with Gasteiger partial charge < -0.3 is 14.2 Å². The summed E-state index contributed by atoms with van der Waals surface area (Å²) in [5, 5.41) is 0. The summed E-state index contributed by atoms with van der Waals surface area (Å²) in [4.78, 5) is 38.1. The van der Waals surface area contributed by atoms with Crippen molar-refractivity contribution in [1.82, 2.24) is 0 Å². The molecule has 0 radical (unpaired) electrons. The van der Waals surface area contributed by atoms with Crippen LogP contribution in [0.15, 0.2) is 109 Å². The molecule has 0 saturated carbocycles. The molecule has 1 atom stereocenters. The van der Waals surface area contributed by atoms with E-state index >= 15 is 0 Å². The molecule has 0 aliphatic carbocycles. The van der Waals surface area contributed by atoms with Crippen molar-refractivity contribution in [2.75, 3.05) is 13.2 Å². The van der Waals surface area contributed by atoms with Gasteiger partial charge in [-0.3, -0.25) is 14.4 Å². The highest BCUT2D eigenvalue weighted by atomic mass is 16.6. The zero-order valence-corrected chi connectivity index (χ0v) is 44.8. The van der Waals surface area contributed by atoms with Gasteiger partial charge in [0.1, 0.15) is 13.2 Å². The Bertz CT molecular complexity index is 1420. The summed E-state index contributed by atoms with van der Waals surface area (Å²) in [6, 6.07) is 0. The Hall–Kier alpha value is -3.93. The van der Waals surface area contributed by atoms with Gasteiger partial charge in [0.15, 0.2) is 6.10 Å². The molecule has 0 amide bonds. The van der Waals surface area contributed by atoms with Gasteiger partial charge in [-0.2, -0.15) is 0 Å². The van der Waals surface area contributed by atoms with Crippen molar-refractivity contribution < 1.29 is 28.6 Å². The minimum atomic E-state index is -0.801. The monoisotopic (exact) mass is 957 g/mol. The number of ether oxygens (including phenoxy) is 3. The summed E-state index contributed by atoms with van der Waals surface area (Å²) < 4.78 is 16.8. The Labute approximate surface area is 425 Å². The molecular weight excluding hydrogens is 853 g/mol. The fourth-order valence-corrected chi connectivity index (χ4v) is 7.47. The molecule has 0 heterocycles. The number of hydrogen-bond donors (Lipinski definition) is 0. The van der Waals surface area contributed by atoms with Gasteiger partial charge in [0, 0.05) is 19.3 Å². The van der Waals surface area contributed by atoms with Crippen LogP contribution in [0.4, 0.5) is 0 Å². The lowest BCUT2D eigenvalue weighted by Gasteiger charge is -2.18. The molecule has 0 bridgehead atoms. The smallest absolute Gasteiger partial charge is 0.306 e. The highest BCUT2D eigenvalue weighted by Gasteiger charge is 2.19. The van der Waals surface area contributed by atoms with Gasteiger partial charge in [0.25, 0.3) is 0 Å². The average Bonchev–Trinajstić information content (AvgIpc) is 3.35. The number of carbonyl (C=O) groups excluding carboxylic acids is 3. The molecule has 0 aliphatic rings. The van der Waals surface area contributed by atoms with E-state index in [0.717, 1.165) is 135 Å². The van der Waals surface area contributed by atoms with E-state index in [1.165, 1.54) is 77.0 Å². The van der Waals surface area contributed by atoms with Gasteiger partial charge in [-0.15, -0.1) is 0 Å². The SMILES string of the molecule is CC/C=C\C/C=C\C/C=C\C/C=C\C/C=C\C/C=C\C/C=C\CCCCCC(=O)OCC(COC(=O)CCCCCCC/C=C\CCCCC)OC(=O)CCCCCCC/C=C\CCCCCCC. The lowest BCUT2D eigenvalue weighted by Crippen LogP contribution is -2.30. The van der Waals surface area contributed by atoms with Crippen molar-refractivity contribution in [2.24, 2.45) is 0 Å². The lowest BCUT2D eigenvalue weighted by atomic mass is 10.1. The number of allylic oxidation sites excluding steroid dienone is 18. The first-order valence-electron chi connectivity index (χ1n) is 28.4. The van der Waals surface area contributed by atoms with Crippen molar-refractivity contribution in [2.45, 2.75) is 258 Å². The molecule has 0 N–H and O–H groups in total. The zero-order valence-electron chi connectivity index (χ0n) is 44.8. The summed E-state index contributed by atoms with van der Waals surface area (Å²) >= 11 is 0. The van der Waals surface area contributed by atoms with E-state index in [1.54, 1.807) is 0 Å². The molecule has 0 fully saturated rings. The van der Waals surface area contributed by atoms with Crippen LogP contribution in [-0.4, -0.2) is 37.2 Å². The topological polar surface area (TPSA) is 78.9 Å². The summed E-state index contributed by atoms with van der Waals surface area (Å²) in [5.74, 6) is -0.950. The first kappa shape index (κ1) is 65.1. The van der Waals surface area contributed by atoms with E-state index in [9.17, 15) is 14.4 Å². The molecule has 392 valence electrons. The molecule has 0 rings (SSSR count). The fraction of sp³-hybridized carbons (Fsp3) is 0.667. The van der Waals surface area contributed by atoms with Crippen molar-refractivity contribution >= 4 is 17.9 Å². The average molecular weight is 958 g/mol. The Morgan fingerprint density at radius 2 is 0.565 bits per heavy atom. The normalized spacial score (nSPS) is 12.9. The van der Waals surface area contributed by atoms with Crippen LogP contribution in [0, 0.1) is 0 Å². The van der Waals surface area contributed by atoms with Crippen molar-refractivity contribution in [3.63, 3.8) is 0 Å². The fourth-order valence-electron chi connectivity index (χ4n) is 7.47.